The minimum Gasteiger partial charge on any atom is -0.379 e. The molecule has 0 aliphatic carbocycles. The lowest BCUT2D eigenvalue weighted by molar-refractivity contribution is -0.137. The molecular formula is C24H29F3N4OS. The second kappa shape index (κ2) is 11.4. The molecule has 0 unspecified atom stereocenters. The van der Waals surface area contributed by atoms with E-state index in [4.69, 9.17) is 4.74 Å². The molecule has 1 saturated heterocycles. The van der Waals surface area contributed by atoms with Gasteiger partial charge < -0.3 is 4.74 Å². The van der Waals surface area contributed by atoms with Gasteiger partial charge in [-0.3, -0.25) is 14.6 Å². The van der Waals surface area contributed by atoms with Crippen LogP contribution in [0.15, 0.2) is 47.8 Å². The number of aryl methyl sites for hydroxylation is 1. The van der Waals surface area contributed by atoms with Gasteiger partial charge >= 0.3 is 6.18 Å². The Balaban J connectivity index is 1.15. The highest BCUT2D eigenvalue weighted by molar-refractivity contribution is 7.99. The standard InChI is InChI=1S/C24H29F3N4OS/c25-24(26,27)20-5-6-21-22(15-20)28-8-7-23(21)33-14-4-2-1-3-9-31-18-19(16-29-31)17-30-10-12-32-13-11-30/h5-8,15-16,18H,1-4,9-14,17H2. The number of thioether (sulfide) groups is 1. The lowest BCUT2D eigenvalue weighted by atomic mass is 10.1. The number of rotatable bonds is 10. The monoisotopic (exact) mass is 478 g/mol. The van der Waals surface area contributed by atoms with Crippen LogP contribution in [-0.2, 0) is 24.0 Å². The summed E-state index contributed by atoms with van der Waals surface area (Å²) in [6, 6.07) is 5.67. The Morgan fingerprint density at radius 1 is 1.03 bits per heavy atom. The number of hydrogen-bond acceptors (Lipinski definition) is 5. The van der Waals surface area contributed by atoms with Crippen molar-refractivity contribution in [1.82, 2.24) is 19.7 Å². The predicted octanol–water partition coefficient (Wildman–Crippen LogP) is 5.64. The Morgan fingerprint density at radius 3 is 2.67 bits per heavy atom. The van der Waals surface area contributed by atoms with Gasteiger partial charge in [0, 0.05) is 54.4 Å². The summed E-state index contributed by atoms with van der Waals surface area (Å²) in [5.41, 5.74) is 0.984. The number of fused-ring (bicyclic) bond motifs is 1. The second-order valence-electron chi connectivity index (χ2n) is 8.30. The van der Waals surface area contributed by atoms with Crippen molar-refractivity contribution in [3.8, 4) is 0 Å². The number of halogens is 3. The van der Waals surface area contributed by atoms with E-state index in [1.165, 1.54) is 11.6 Å². The first kappa shape index (κ1) is 24.0. The van der Waals surface area contributed by atoms with Crippen molar-refractivity contribution in [3.63, 3.8) is 0 Å². The summed E-state index contributed by atoms with van der Waals surface area (Å²) in [6.07, 6.45) is 5.74. The molecule has 1 aliphatic heterocycles. The molecule has 0 N–H and O–H groups in total. The summed E-state index contributed by atoms with van der Waals surface area (Å²) in [7, 11) is 0. The molecule has 0 saturated carbocycles. The molecule has 4 rings (SSSR count). The Bertz CT molecular complexity index is 1030. The van der Waals surface area contributed by atoms with E-state index >= 15 is 0 Å². The lowest BCUT2D eigenvalue weighted by Crippen LogP contribution is -2.35. The molecule has 1 aliphatic rings. The minimum atomic E-state index is -4.35. The van der Waals surface area contributed by atoms with Crippen molar-refractivity contribution in [2.75, 3.05) is 32.1 Å². The van der Waals surface area contributed by atoms with Gasteiger partial charge in [-0.15, -0.1) is 11.8 Å². The fourth-order valence-electron chi connectivity index (χ4n) is 3.96. The van der Waals surface area contributed by atoms with Gasteiger partial charge in [0.15, 0.2) is 0 Å². The van der Waals surface area contributed by atoms with Gasteiger partial charge in [-0.2, -0.15) is 18.3 Å². The van der Waals surface area contributed by atoms with E-state index < -0.39 is 11.7 Å². The maximum Gasteiger partial charge on any atom is 0.416 e. The third kappa shape index (κ3) is 6.94. The van der Waals surface area contributed by atoms with Gasteiger partial charge in [0.2, 0.25) is 0 Å². The van der Waals surface area contributed by atoms with Crippen molar-refractivity contribution >= 4 is 22.7 Å². The van der Waals surface area contributed by atoms with E-state index in [1.807, 2.05) is 16.9 Å². The molecule has 3 aromatic rings. The van der Waals surface area contributed by atoms with Crippen molar-refractivity contribution in [3.05, 3.63) is 54.0 Å². The van der Waals surface area contributed by atoms with Crippen LogP contribution in [-0.4, -0.2) is 51.7 Å². The molecule has 0 spiro atoms. The van der Waals surface area contributed by atoms with E-state index in [-0.39, 0.29) is 0 Å². The first-order valence-electron chi connectivity index (χ1n) is 11.4. The third-order valence-corrected chi connectivity index (χ3v) is 6.93. The molecule has 1 fully saturated rings. The quantitative estimate of drug-likeness (QED) is 0.279. The fraction of sp³-hybridized carbons (Fsp3) is 0.500. The van der Waals surface area contributed by atoms with Crippen LogP contribution in [0.2, 0.25) is 0 Å². The number of nitrogens with zero attached hydrogens (tertiary/aromatic N) is 4. The number of unbranched alkanes of at least 4 members (excludes halogenated alkanes) is 3. The van der Waals surface area contributed by atoms with E-state index in [9.17, 15) is 13.2 Å². The summed E-state index contributed by atoms with van der Waals surface area (Å²) in [5.74, 6) is 0.936. The summed E-state index contributed by atoms with van der Waals surface area (Å²) < 4.78 is 46.2. The van der Waals surface area contributed by atoms with Crippen LogP contribution in [0.25, 0.3) is 10.9 Å². The average molecular weight is 479 g/mol. The average Bonchev–Trinajstić information content (AvgIpc) is 3.25. The minimum absolute atomic E-state index is 0.391. The summed E-state index contributed by atoms with van der Waals surface area (Å²) in [4.78, 5) is 7.50. The molecule has 9 heteroatoms. The molecule has 1 aromatic carbocycles. The smallest absolute Gasteiger partial charge is 0.379 e. The Labute approximate surface area is 196 Å². The van der Waals surface area contributed by atoms with Crippen LogP contribution in [0.4, 0.5) is 13.2 Å². The van der Waals surface area contributed by atoms with Crippen LogP contribution in [0.5, 0.6) is 0 Å². The number of aromatic nitrogens is 3. The van der Waals surface area contributed by atoms with Crippen molar-refractivity contribution in [1.29, 1.82) is 0 Å². The molecule has 0 radical (unpaired) electrons. The van der Waals surface area contributed by atoms with Crippen LogP contribution < -0.4 is 0 Å². The van der Waals surface area contributed by atoms with Crippen LogP contribution in [0.3, 0.4) is 0 Å². The SMILES string of the molecule is FC(F)(F)c1ccc2c(SCCCCCCn3cc(CN4CCOCC4)cn3)ccnc2c1. The zero-order valence-electron chi connectivity index (χ0n) is 18.6. The molecule has 178 valence electrons. The largest absolute Gasteiger partial charge is 0.416 e. The Kier molecular flexibility index (Phi) is 8.27. The summed E-state index contributed by atoms with van der Waals surface area (Å²) in [6.45, 7) is 5.43. The molecule has 0 bridgehead atoms. The van der Waals surface area contributed by atoms with Gasteiger partial charge in [-0.1, -0.05) is 18.9 Å². The van der Waals surface area contributed by atoms with E-state index in [0.29, 0.717) is 5.52 Å². The zero-order chi connectivity index (χ0) is 23.1. The summed E-state index contributed by atoms with van der Waals surface area (Å²) in [5, 5.41) is 5.26. The highest BCUT2D eigenvalue weighted by Gasteiger charge is 2.30. The first-order valence-corrected chi connectivity index (χ1v) is 12.4. The number of pyridine rings is 1. The molecule has 33 heavy (non-hydrogen) atoms. The lowest BCUT2D eigenvalue weighted by Gasteiger charge is -2.25. The maximum atomic E-state index is 12.9. The topological polar surface area (TPSA) is 43.2 Å². The number of alkyl halides is 3. The molecule has 3 heterocycles. The van der Waals surface area contributed by atoms with E-state index in [2.05, 4.69) is 21.2 Å². The van der Waals surface area contributed by atoms with Crippen molar-refractivity contribution in [2.45, 2.75) is 49.8 Å². The van der Waals surface area contributed by atoms with Gasteiger partial charge in [0.1, 0.15) is 0 Å². The van der Waals surface area contributed by atoms with Crippen LogP contribution in [0.1, 0.15) is 36.8 Å². The Hall–Kier alpha value is -2.10. The molecule has 5 nitrogen and oxygen atoms in total. The third-order valence-electron chi connectivity index (χ3n) is 5.77. The zero-order valence-corrected chi connectivity index (χ0v) is 19.4. The number of hydrogen-bond donors (Lipinski definition) is 0. The normalized spacial score (nSPS) is 15.4. The molecule has 0 atom stereocenters. The van der Waals surface area contributed by atoms with Crippen LogP contribution >= 0.6 is 11.8 Å². The number of benzene rings is 1. The first-order chi connectivity index (χ1) is 16.0. The molecule has 2 aromatic heterocycles. The van der Waals surface area contributed by atoms with Gasteiger partial charge in [0.25, 0.3) is 0 Å². The van der Waals surface area contributed by atoms with E-state index in [0.717, 1.165) is 93.2 Å². The molecular weight excluding hydrogens is 449 g/mol. The van der Waals surface area contributed by atoms with Gasteiger partial charge in [0.05, 0.1) is 30.5 Å². The van der Waals surface area contributed by atoms with Gasteiger partial charge in [-0.05, 0) is 36.8 Å². The molecule has 0 amide bonds. The highest BCUT2D eigenvalue weighted by atomic mass is 32.2. The maximum absolute atomic E-state index is 12.9. The van der Waals surface area contributed by atoms with Crippen molar-refractivity contribution < 1.29 is 17.9 Å². The number of ether oxygens (including phenoxy) is 1. The van der Waals surface area contributed by atoms with Crippen molar-refractivity contribution in [2.24, 2.45) is 0 Å². The predicted molar refractivity (Wildman–Crippen MR) is 124 cm³/mol. The summed E-state index contributed by atoms with van der Waals surface area (Å²) >= 11 is 1.69. The van der Waals surface area contributed by atoms with Gasteiger partial charge in [-0.25, -0.2) is 0 Å². The fourth-order valence-corrected chi connectivity index (χ4v) is 5.02. The second-order valence-corrected chi connectivity index (χ2v) is 9.44. The number of morpholine rings is 1. The Morgan fingerprint density at radius 2 is 1.85 bits per heavy atom. The van der Waals surface area contributed by atoms with Crippen LogP contribution in [0, 0.1) is 0 Å². The van der Waals surface area contributed by atoms with E-state index in [1.54, 1.807) is 18.0 Å². The highest BCUT2D eigenvalue weighted by Crippen LogP contribution is 2.34.